The third kappa shape index (κ3) is 4.46. The second-order valence-electron chi connectivity index (χ2n) is 5.94. The van der Waals surface area contributed by atoms with Crippen LogP contribution in [0.4, 0.5) is 11.4 Å². The van der Waals surface area contributed by atoms with Gasteiger partial charge < -0.3 is 10.2 Å². The molecular formula is C19H21ClN2OS. The fourth-order valence-electron chi connectivity index (χ4n) is 2.75. The molecule has 126 valence electrons. The first-order valence-electron chi connectivity index (χ1n) is 8.20. The standard InChI is InChI=1S/C19H21ClN2OS/c1-14(24-18-10-4-15(20)5-11-18)19(23)21-16-6-8-17(9-7-16)22-12-2-3-13-22/h4-11,14H,2-3,12-13H2,1H3,(H,21,23)/t14-/m0/s1. The van der Waals surface area contributed by atoms with Crippen LogP contribution in [-0.4, -0.2) is 24.2 Å². The van der Waals surface area contributed by atoms with Crippen molar-refractivity contribution >= 4 is 40.6 Å². The number of thioether (sulfide) groups is 1. The number of nitrogens with zero attached hydrogens (tertiary/aromatic N) is 1. The first-order chi connectivity index (χ1) is 11.6. The molecule has 0 unspecified atom stereocenters. The summed E-state index contributed by atoms with van der Waals surface area (Å²) in [7, 11) is 0. The molecule has 3 nitrogen and oxygen atoms in total. The summed E-state index contributed by atoms with van der Waals surface area (Å²) in [5, 5.41) is 3.51. The highest BCUT2D eigenvalue weighted by atomic mass is 35.5. The van der Waals surface area contributed by atoms with E-state index in [2.05, 4.69) is 22.3 Å². The summed E-state index contributed by atoms with van der Waals surface area (Å²) < 4.78 is 0. The van der Waals surface area contributed by atoms with Crippen LogP contribution in [-0.2, 0) is 4.79 Å². The van der Waals surface area contributed by atoms with Crippen molar-refractivity contribution in [2.75, 3.05) is 23.3 Å². The molecule has 1 N–H and O–H groups in total. The Bertz CT molecular complexity index is 682. The number of hydrogen-bond acceptors (Lipinski definition) is 3. The number of benzene rings is 2. The minimum atomic E-state index is -0.176. The fraction of sp³-hybridized carbons (Fsp3) is 0.316. The van der Waals surface area contributed by atoms with E-state index in [1.807, 2.05) is 43.3 Å². The van der Waals surface area contributed by atoms with Gasteiger partial charge in [-0.3, -0.25) is 4.79 Å². The molecule has 1 atom stereocenters. The van der Waals surface area contributed by atoms with Gasteiger partial charge in [-0.1, -0.05) is 11.6 Å². The quantitative estimate of drug-likeness (QED) is 0.756. The first kappa shape index (κ1) is 17.2. The van der Waals surface area contributed by atoms with Crippen molar-refractivity contribution in [3.63, 3.8) is 0 Å². The zero-order valence-electron chi connectivity index (χ0n) is 13.7. The normalized spacial score (nSPS) is 15.3. The molecule has 0 spiro atoms. The highest BCUT2D eigenvalue weighted by Gasteiger charge is 2.15. The van der Waals surface area contributed by atoms with Crippen LogP contribution in [0.5, 0.6) is 0 Å². The molecule has 24 heavy (non-hydrogen) atoms. The Kier molecular flexibility index (Phi) is 5.69. The maximum Gasteiger partial charge on any atom is 0.237 e. The highest BCUT2D eigenvalue weighted by molar-refractivity contribution is 8.00. The molecule has 0 aliphatic carbocycles. The summed E-state index contributed by atoms with van der Waals surface area (Å²) in [5.41, 5.74) is 2.07. The Labute approximate surface area is 152 Å². The van der Waals surface area contributed by atoms with Crippen LogP contribution in [0.15, 0.2) is 53.4 Å². The van der Waals surface area contributed by atoms with Gasteiger partial charge in [0.15, 0.2) is 0 Å². The smallest absolute Gasteiger partial charge is 0.237 e. The molecule has 2 aromatic rings. The van der Waals surface area contributed by atoms with Crippen LogP contribution in [0.2, 0.25) is 5.02 Å². The van der Waals surface area contributed by atoms with Crippen LogP contribution >= 0.6 is 23.4 Å². The SMILES string of the molecule is C[C@H](Sc1ccc(Cl)cc1)C(=O)Nc1ccc(N2CCCC2)cc1. The van der Waals surface area contributed by atoms with Crippen LogP contribution in [0.25, 0.3) is 0 Å². The lowest BCUT2D eigenvalue weighted by Gasteiger charge is -2.18. The Balaban J connectivity index is 1.56. The van der Waals surface area contributed by atoms with Crippen molar-refractivity contribution in [3.8, 4) is 0 Å². The molecule has 0 bridgehead atoms. The monoisotopic (exact) mass is 360 g/mol. The van der Waals surface area contributed by atoms with Crippen molar-refractivity contribution in [1.29, 1.82) is 0 Å². The molecule has 1 amide bonds. The zero-order valence-corrected chi connectivity index (χ0v) is 15.2. The van der Waals surface area contributed by atoms with E-state index in [9.17, 15) is 4.79 Å². The predicted molar refractivity (Wildman–Crippen MR) is 103 cm³/mol. The molecule has 0 saturated carbocycles. The lowest BCUT2D eigenvalue weighted by atomic mass is 10.2. The van der Waals surface area contributed by atoms with Crippen molar-refractivity contribution in [1.82, 2.24) is 0 Å². The third-order valence-corrected chi connectivity index (χ3v) is 5.47. The molecule has 1 aliphatic heterocycles. The fourth-order valence-corrected chi connectivity index (χ4v) is 3.74. The van der Waals surface area contributed by atoms with Gasteiger partial charge in [0.2, 0.25) is 5.91 Å². The number of anilines is 2. The van der Waals surface area contributed by atoms with Gasteiger partial charge >= 0.3 is 0 Å². The third-order valence-electron chi connectivity index (χ3n) is 4.10. The van der Waals surface area contributed by atoms with Gasteiger partial charge in [0.05, 0.1) is 5.25 Å². The average Bonchev–Trinajstić information content (AvgIpc) is 3.12. The van der Waals surface area contributed by atoms with Crippen molar-refractivity contribution in [2.45, 2.75) is 29.9 Å². The van der Waals surface area contributed by atoms with Gasteiger partial charge in [-0.15, -0.1) is 11.8 Å². The maximum absolute atomic E-state index is 12.4. The van der Waals surface area contributed by atoms with E-state index >= 15 is 0 Å². The predicted octanol–water partition coefficient (Wildman–Crippen LogP) is 5.06. The van der Waals surface area contributed by atoms with Crippen molar-refractivity contribution in [3.05, 3.63) is 53.6 Å². The Morgan fingerprint density at radius 3 is 2.33 bits per heavy atom. The molecule has 2 aromatic carbocycles. The summed E-state index contributed by atoms with van der Waals surface area (Å²) >= 11 is 7.41. The van der Waals surface area contributed by atoms with Gasteiger partial charge in [0, 0.05) is 34.4 Å². The molecule has 1 aliphatic rings. The van der Waals surface area contributed by atoms with E-state index in [-0.39, 0.29) is 11.2 Å². The number of halogens is 1. The summed E-state index contributed by atoms with van der Waals surface area (Å²) in [6.07, 6.45) is 2.52. The lowest BCUT2D eigenvalue weighted by Crippen LogP contribution is -2.22. The van der Waals surface area contributed by atoms with E-state index in [1.54, 1.807) is 0 Å². The van der Waals surface area contributed by atoms with Crippen molar-refractivity contribution in [2.24, 2.45) is 0 Å². The molecular weight excluding hydrogens is 340 g/mol. The Morgan fingerprint density at radius 2 is 1.71 bits per heavy atom. The van der Waals surface area contributed by atoms with E-state index < -0.39 is 0 Å². The number of amides is 1. The average molecular weight is 361 g/mol. The van der Waals surface area contributed by atoms with Gasteiger partial charge in [0.1, 0.15) is 0 Å². The number of carbonyl (C=O) groups excluding carboxylic acids is 1. The Morgan fingerprint density at radius 1 is 1.08 bits per heavy atom. The van der Waals surface area contributed by atoms with Gasteiger partial charge in [0.25, 0.3) is 0 Å². The second-order valence-corrected chi connectivity index (χ2v) is 7.79. The number of rotatable bonds is 5. The summed E-state index contributed by atoms with van der Waals surface area (Å²) in [4.78, 5) is 15.8. The minimum absolute atomic E-state index is 0.00359. The van der Waals surface area contributed by atoms with Crippen LogP contribution in [0.3, 0.4) is 0 Å². The van der Waals surface area contributed by atoms with E-state index in [4.69, 9.17) is 11.6 Å². The molecule has 1 saturated heterocycles. The zero-order chi connectivity index (χ0) is 16.9. The molecule has 1 fully saturated rings. The van der Waals surface area contributed by atoms with Gasteiger partial charge in [-0.05, 0) is 68.3 Å². The van der Waals surface area contributed by atoms with Crippen molar-refractivity contribution < 1.29 is 4.79 Å². The van der Waals surface area contributed by atoms with Crippen LogP contribution < -0.4 is 10.2 Å². The maximum atomic E-state index is 12.4. The van der Waals surface area contributed by atoms with E-state index in [0.717, 1.165) is 23.7 Å². The van der Waals surface area contributed by atoms with Gasteiger partial charge in [-0.2, -0.15) is 0 Å². The second kappa shape index (κ2) is 7.95. The molecule has 1 heterocycles. The van der Waals surface area contributed by atoms with E-state index in [0.29, 0.717) is 5.02 Å². The summed E-state index contributed by atoms with van der Waals surface area (Å²) in [6, 6.07) is 15.7. The highest BCUT2D eigenvalue weighted by Crippen LogP contribution is 2.26. The van der Waals surface area contributed by atoms with Gasteiger partial charge in [-0.25, -0.2) is 0 Å². The number of carbonyl (C=O) groups is 1. The topological polar surface area (TPSA) is 32.3 Å². The lowest BCUT2D eigenvalue weighted by molar-refractivity contribution is -0.115. The van der Waals surface area contributed by atoms with Crippen LogP contribution in [0, 0.1) is 0 Å². The number of nitrogens with one attached hydrogen (secondary N) is 1. The summed E-state index contributed by atoms with van der Waals surface area (Å²) in [5.74, 6) is 0.00359. The summed E-state index contributed by atoms with van der Waals surface area (Å²) in [6.45, 7) is 4.16. The molecule has 3 rings (SSSR count). The molecule has 0 radical (unpaired) electrons. The first-order valence-corrected chi connectivity index (χ1v) is 9.46. The Hall–Kier alpha value is -1.65. The number of hydrogen-bond donors (Lipinski definition) is 1. The molecule has 0 aromatic heterocycles. The minimum Gasteiger partial charge on any atom is -0.372 e. The molecule has 5 heteroatoms. The van der Waals surface area contributed by atoms with Crippen LogP contribution in [0.1, 0.15) is 19.8 Å². The largest absolute Gasteiger partial charge is 0.372 e. The van der Waals surface area contributed by atoms with E-state index in [1.165, 1.54) is 30.3 Å².